The van der Waals surface area contributed by atoms with Gasteiger partial charge in [0.05, 0.1) is 28.7 Å². The van der Waals surface area contributed by atoms with Gasteiger partial charge in [0.25, 0.3) is 0 Å². The monoisotopic (exact) mass is 1030 g/mol. The zero-order valence-corrected chi connectivity index (χ0v) is 40.5. The Morgan fingerprint density at radius 2 is 0.781 bits per heavy atom. The van der Waals surface area contributed by atoms with Gasteiger partial charge in [-0.15, -0.1) is 0 Å². The fourth-order valence-corrected chi connectivity index (χ4v) is 7.10. The molecule has 2 aliphatic rings. The minimum absolute atomic E-state index is 0.123. The van der Waals surface area contributed by atoms with Crippen LogP contribution in [0.25, 0.3) is 12.2 Å². The molecule has 10 atom stereocenters. The van der Waals surface area contributed by atoms with Crippen molar-refractivity contribution < 1.29 is 122 Å². The van der Waals surface area contributed by atoms with Crippen LogP contribution in [0, 0.1) is 0 Å². The van der Waals surface area contributed by atoms with Crippen molar-refractivity contribution in [1.29, 1.82) is 0 Å². The lowest BCUT2D eigenvalue weighted by molar-refractivity contribution is -0.288. The molecule has 24 heteroatoms. The standard InChI is InChI=1S/C49H56O24/c1-24(50)62-22-40-42(64-26(3)52)44(66-28(5)54)46(68-30(7)56)48(72-40)70-36-17-13-32(19-38(36)60-9)11-15-34(58)21-35(59)16-12-33-14-18-37(39(20-33)61-10)71-49-47(69-31(8)57)45(67-29(6)55)43(65-27(4)53)41(73-49)23-63-25(2)51/h11-20,40-49H,21-23H2,1-10H3/b15-11+,16-12+/t40-,41-,42-,43-,44+,45+,46-,47-,48+,49+/m1/s1/i9D3,10D3. The average Bonchev–Trinajstić information content (AvgIpc) is 3.30. The van der Waals surface area contributed by atoms with Crippen LogP contribution in [0.15, 0.2) is 48.6 Å². The van der Waals surface area contributed by atoms with Gasteiger partial charge in [-0.25, -0.2) is 0 Å². The van der Waals surface area contributed by atoms with E-state index in [2.05, 4.69) is 0 Å². The Morgan fingerprint density at radius 1 is 0.452 bits per heavy atom. The zero-order valence-electron chi connectivity index (χ0n) is 46.5. The van der Waals surface area contributed by atoms with Gasteiger partial charge in [0.2, 0.25) is 24.8 Å². The minimum Gasteiger partial charge on any atom is -0.493 e. The lowest BCUT2D eigenvalue weighted by atomic mass is 9.98. The molecule has 2 heterocycles. The highest BCUT2D eigenvalue weighted by atomic mass is 16.8. The van der Waals surface area contributed by atoms with Gasteiger partial charge in [0.15, 0.2) is 59.0 Å². The molecule has 2 saturated heterocycles. The summed E-state index contributed by atoms with van der Waals surface area (Å²) in [6, 6.07) is 7.25. The third-order valence-electron chi connectivity index (χ3n) is 9.81. The first-order chi connectivity index (χ1) is 36.8. The molecule has 24 nitrogen and oxygen atoms in total. The van der Waals surface area contributed by atoms with Crippen molar-refractivity contribution in [2.75, 3.05) is 27.3 Å². The number of rotatable bonds is 22. The minimum atomic E-state index is -3.12. The van der Waals surface area contributed by atoms with E-state index < -0.39 is 166 Å². The van der Waals surface area contributed by atoms with Crippen molar-refractivity contribution in [3.63, 3.8) is 0 Å². The molecule has 73 heavy (non-hydrogen) atoms. The van der Waals surface area contributed by atoms with Crippen LogP contribution in [0.3, 0.4) is 0 Å². The lowest BCUT2D eigenvalue weighted by Gasteiger charge is -2.44. The Bertz CT molecular complexity index is 2490. The lowest BCUT2D eigenvalue weighted by Crippen LogP contribution is -2.63. The highest BCUT2D eigenvalue weighted by molar-refractivity contribution is 6.11. The second-order valence-corrected chi connectivity index (χ2v) is 15.8. The van der Waals surface area contributed by atoms with Crippen molar-refractivity contribution in [3.05, 3.63) is 59.7 Å². The summed E-state index contributed by atoms with van der Waals surface area (Å²) in [7, 11) is -6.24. The zero-order chi connectivity index (χ0) is 59.1. The Kier molecular flexibility index (Phi) is 18.1. The molecular formula is C49H56O24. The van der Waals surface area contributed by atoms with E-state index >= 15 is 0 Å². The molecular weight excluding hydrogens is 973 g/mol. The van der Waals surface area contributed by atoms with Crippen LogP contribution in [0.5, 0.6) is 23.0 Å². The van der Waals surface area contributed by atoms with Gasteiger partial charge in [-0.2, -0.15) is 0 Å². The van der Waals surface area contributed by atoms with Gasteiger partial charge < -0.3 is 66.3 Å². The number of hydrogen-bond acceptors (Lipinski definition) is 24. The Morgan fingerprint density at radius 3 is 1.10 bits per heavy atom. The Hall–Kier alpha value is -7.86. The molecule has 0 aromatic heterocycles. The van der Waals surface area contributed by atoms with E-state index in [1.807, 2.05) is 0 Å². The van der Waals surface area contributed by atoms with E-state index in [0.717, 1.165) is 79.7 Å². The maximum Gasteiger partial charge on any atom is 0.303 e. The van der Waals surface area contributed by atoms with E-state index in [-0.39, 0.29) is 22.6 Å². The molecule has 0 aliphatic carbocycles. The van der Waals surface area contributed by atoms with Crippen LogP contribution in [0.1, 0.15) is 81.2 Å². The van der Waals surface area contributed by atoms with E-state index in [9.17, 15) is 47.9 Å². The smallest absolute Gasteiger partial charge is 0.303 e. The molecule has 2 aromatic carbocycles. The second kappa shape index (κ2) is 27.1. The van der Waals surface area contributed by atoms with Crippen LogP contribution in [-0.4, -0.2) is 148 Å². The third kappa shape index (κ3) is 17.7. The highest BCUT2D eigenvalue weighted by Gasteiger charge is 2.55. The first-order valence-electron chi connectivity index (χ1n) is 24.8. The van der Waals surface area contributed by atoms with Crippen LogP contribution < -0.4 is 18.9 Å². The molecule has 396 valence electrons. The number of methoxy groups -OCH3 is 2. The fourth-order valence-electron chi connectivity index (χ4n) is 7.10. The van der Waals surface area contributed by atoms with Crippen molar-refractivity contribution >= 4 is 71.5 Å². The number of ketones is 2. The largest absolute Gasteiger partial charge is 0.493 e. The molecule has 2 aromatic rings. The summed E-state index contributed by atoms with van der Waals surface area (Å²) in [5, 5.41) is 0. The van der Waals surface area contributed by atoms with Gasteiger partial charge in [-0.3, -0.25) is 47.9 Å². The fraction of sp³-hybridized carbons (Fsp3) is 0.469. The number of esters is 8. The molecule has 0 bridgehead atoms. The first-order valence-corrected chi connectivity index (χ1v) is 21.8. The summed E-state index contributed by atoms with van der Waals surface area (Å²) < 4.78 is 123. The van der Waals surface area contributed by atoms with Crippen LogP contribution in [0.4, 0.5) is 0 Å². The van der Waals surface area contributed by atoms with Gasteiger partial charge in [-0.05, 0) is 47.5 Å². The SMILES string of the molecule is [2H]C([2H])([2H])Oc1cc(/C=C/C(=O)CC(=O)/C=C/c2ccc(O[C@H]3O[C@H](COC(C)=O)[C@@H](OC(C)=O)[C@H](OC(C)=O)[C@H]3OC(C)=O)c(OC([2H])([2H])[2H])c2)ccc1O[C@H]1O[C@H](COC(C)=O)[C@@H](OC(C)=O)[C@H](OC(C)=O)[C@H]1OC(C)=O. The number of ether oxygens (including phenoxy) is 14. The highest BCUT2D eigenvalue weighted by Crippen LogP contribution is 2.37. The summed E-state index contributed by atoms with van der Waals surface area (Å²) in [6.07, 6.45) is -12.5. The van der Waals surface area contributed by atoms with Crippen LogP contribution in [0.2, 0.25) is 0 Å². The normalized spacial score (nSPS) is 25.0. The number of benzene rings is 2. The number of carbonyl (C=O) groups is 10. The van der Waals surface area contributed by atoms with E-state index in [4.69, 9.17) is 74.5 Å². The second-order valence-electron chi connectivity index (χ2n) is 15.8. The predicted octanol–water partition coefficient (Wildman–Crippen LogP) is 2.88. The molecule has 0 saturated carbocycles. The summed E-state index contributed by atoms with van der Waals surface area (Å²) >= 11 is 0. The van der Waals surface area contributed by atoms with E-state index in [1.54, 1.807) is 0 Å². The van der Waals surface area contributed by atoms with Crippen molar-refractivity contribution in [3.8, 4) is 23.0 Å². The van der Waals surface area contributed by atoms with Crippen molar-refractivity contribution in [1.82, 2.24) is 0 Å². The van der Waals surface area contributed by atoms with Crippen molar-refractivity contribution in [2.24, 2.45) is 0 Å². The number of allylic oxidation sites excluding steroid dienone is 2. The summed E-state index contributed by atoms with van der Waals surface area (Å²) in [6.45, 7) is 7.04. The molecule has 0 radical (unpaired) electrons. The van der Waals surface area contributed by atoms with Gasteiger partial charge in [0.1, 0.15) is 25.4 Å². The van der Waals surface area contributed by atoms with E-state index in [0.29, 0.717) is 0 Å². The van der Waals surface area contributed by atoms with Crippen LogP contribution >= 0.6 is 0 Å². The molecule has 0 spiro atoms. The van der Waals surface area contributed by atoms with Gasteiger partial charge in [-0.1, -0.05) is 24.3 Å². The van der Waals surface area contributed by atoms with Crippen LogP contribution in [-0.2, 0) is 95.3 Å². The molecule has 0 unspecified atom stereocenters. The first kappa shape index (κ1) is 48.8. The summed E-state index contributed by atoms with van der Waals surface area (Å²) in [4.78, 5) is 123. The molecule has 2 aliphatic heterocycles. The Labute approximate surface area is 426 Å². The van der Waals surface area contributed by atoms with Crippen molar-refractivity contribution in [2.45, 2.75) is 123 Å². The quantitative estimate of drug-likeness (QED) is 0.0708. The Balaban J connectivity index is 1.59. The number of hydrogen-bond donors (Lipinski definition) is 0. The predicted molar refractivity (Wildman–Crippen MR) is 244 cm³/mol. The molecule has 0 amide bonds. The molecule has 2 fully saturated rings. The maximum atomic E-state index is 13.1. The summed E-state index contributed by atoms with van der Waals surface area (Å²) in [5.74, 6) is -10.3. The van der Waals surface area contributed by atoms with Gasteiger partial charge in [0, 0.05) is 55.4 Å². The molecule has 4 rings (SSSR count). The topological polar surface area (TPSA) is 300 Å². The van der Waals surface area contributed by atoms with E-state index in [1.165, 1.54) is 36.4 Å². The van der Waals surface area contributed by atoms with Gasteiger partial charge >= 0.3 is 47.8 Å². The number of carbonyl (C=O) groups excluding carboxylic acids is 10. The maximum absolute atomic E-state index is 13.1. The molecule has 0 N–H and O–H groups in total. The third-order valence-corrected chi connectivity index (χ3v) is 9.81. The average molecular weight is 1030 g/mol. The summed E-state index contributed by atoms with van der Waals surface area (Å²) in [5.41, 5.74) is 0.245.